The summed E-state index contributed by atoms with van der Waals surface area (Å²) >= 11 is 0. The molecular formula is C12H14O2. The summed E-state index contributed by atoms with van der Waals surface area (Å²) in [5.41, 5.74) is 1.85. The number of aryl methyl sites for hydroxylation is 1. The van der Waals surface area contributed by atoms with Crippen molar-refractivity contribution >= 4 is 5.78 Å². The van der Waals surface area contributed by atoms with Gasteiger partial charge in [0.05, 0.1) is 5.56 Å². The number of carbonyl (C=O) groups excluding carboxylic acids is 1. The first-order valence-electron chi connectivity index (χ1n) is 5.01. The number of hydrogen-bond donors (Lipinski definition) is 0. The Morgan fingerprint density at radius 2 is 2.29 bits per heavy atom. The maximum Gasteiger partial charge on any atom is 0.170 e. The fourth-order valence-corrected chi connectivity index (χ4v) is 1.73. The van der Waals surface area contributed by atoms with Gasteiger partial charge in [0, 0.05) is 6.42 Å². The minimum Gasteiger partial charge on any atom is -0.489 e. The van der Waals surface area contributed by atoms with Crippen LogP contribution in [0.3, 0.4) is 0 Å². The van der Waals surface area contributed by atoms with E-state index in [1.807, 2.05) is 32.0 Å². The molecule has 2 nitrogen and oxygen atoms in total. The maximum atomic E-state index is 11.7. The molecule has 1 aromatic rings. The molecule has 14 heavy (non-hydrogen) atoms. The van der Waals surface area contributed by atoms with Gasteiger partial charge in [0.1, 0.15) is 11.9 Å². The zero-order chi connectivity index (χ0) is 10.1. The van der Waals surface area contributed by atoms with Crippen LogP contribution in [0.5, 0.6) is 5.75 Å². The first-order chi connectivity index (χ1) is 6.70. The van der Waals surface area contributed by atoms with Gasteiger partial charge in [0.15, 0.2) is 5.78 Å². The van der Waals surface area contributed by atoms with Crippen molar-refractivity contribution in [3.8, 4) is 5.75 Å². The summed E-state index contributed by atoms with van der Waals surface area (Å²) in [7, 11) is 0. The lowest BCUT2D eigenvalue weighted by Gasteiger charge is -2.24. The lowest BCUT2D eigenvalue weighted by molar-refractivity contribution is 0.0845. The molecule has 0 fully saturated rings. The van der Waals surface area contributed by atoms with E-state index in [1.54, 1.807) is 0 Å². The van der Waals surface area contributed by atoms with E-state index in [2.05, 4.69) is 0 Å². The molecule has 0 radical (unpaired) electrons. The number of ether oxygens (including phenoxy) is 1. The van der Waals surface area contributed by atoms with Gasteiger partial charge < -0.3 is 4.74 Å². The van der Waals surface area contributed by atoms with Crippen LogP contribution in [0.15, 0.2) is 18.2 Å². The first-order valence-corrected chi connectivity index (χ1v) is 5.01. The molecular weight excluding hydrogens is 176 g/mol. The van der Waals surface area contributed by atoms with Crippen LogP contribution in [0.2, 0.25) is 0 Å². The Morgan fingerprint density at radius 1 is 1.50 bits per heavy atom. The van der Waals surface area contributed by atoms with Crippen LogP contribution in [-0.4, -0.2) is 11.9 Å². The van der Waals surface area contributed by atoms with Crippen molar-refractivity contribution in [2.45, 2.75) is 32.8 Å². The van der Waals surface area contributed by atoms with Gasteiger partial charge in [0.2, 0.25) is 0 Å². The first kappa shape index (κ1) is 9.25. The van der Waals surface area contributed by atoms with Crippen molar-refractivity contribution in [2.75, 3.05) is 0 Å². The molecule has 0 saturated heterocycles. The second-order valence-corrected chi connectivity index (χ2v) is 3.78. The van der Waals surface area contributed by atoms with Gasteiger partial charge in [-0.2, -0.15) is 0 Å². The lowest BCUT2D eigenvalue weighted by Crippen LogP contribution is -2.26. The summed E-state index contributed by atoms with van der Waals surface area (Å²) in [4.78, 5) is 11.7. The molecule has 0 amide bonds. The van der Waals surface area contributed by atoms with Crippen molar-refractivity contribution in [1.29, 1.82) is 0 Å². The highest BCUT2D eigenvalue weighted by atomic mass is 16.5. The van der Waals surface area contributed by atoms with Crippen molar-refractivity contribution in [1.82, 2.24) is 0 Å². The predicted molar refractivity (Wildman–Crippen MR) is 54.8 cm³/mol. The van der Waals surface area contributed by atoms with E-state index in [-0.39, 0.29) is 11.9 Å². The molecule has 1 aromatic carbocycles. The van der Waals surface area contributed by atoms with Crippen LogP contribution in [0, 0.1) is 6.92 Å². The molecule has 2 heteroatoms. The number of Topliss-reactive ketones (excluding diaryl/α,β-unsaturated/α-hetero) is 1. The zero-order valence-electron chi connectivity index (χ0n) is 8.54. The molecule has 0 aromatic heterocycles. The van der Waals surface area contributed by atoms with E-state index in [9.17, 15) is 4.79 Å². The molecule has 0 saturated carbocycles. The molecule has 1 aliphatic rings. The molecule has 2 rings (SSSR count). The van der Waals surface area contributed by atoms with Crippen LogP contribution < -0.4 is 4.74 Å². The van der Waals surface area contributed by atoms with Gasteiger partial charge in [0.25, 0.3) is 0 Å². The van der Waals surface area contributed by atoms with E-state index in [0.717, 1.165) is 23.3 Å². The predicted octanol–water partition coefficient (Wildman–Crippen LogP) is 2.74. The monoisotopic (exact) mass is 190 g/mol. The lowest BCUT2D eigenvalue weighted by atomic mass is 9.98. The minimum absolute atomic E-state index is 0.0673. The molecule has 0 aliphatic carbocycles. The van der Waals surface area contributed by atoms with E-state index in [0.29, 0.717) is 6.42 Å². The van der Waals surface area contributed by atoms with Gasteiger partial charge in [-0.05, 0) is 25.5 Å². The number of hydrogen-bond acceptors (Lipinski definition) is 2. The van der Waals surface area contributed by atoms with Crippen LogP contribution in [-0.2, 0) is 0 Å². The highest BCUT2D eigenvalue weighted by molar-refractivity contribution is 6.00. The molecule has 0 N–H and O–H groups in total. The third-order valence-corrected chi connectivity index (χ3v) is 2.60. The zero-order valence-corrected chi connectivity index (χ0v) is 8.54. The summed E-state index contributed by atoms with van der Waals surface area (Å²) in [6.07, 6.45) is 1.48. The smallest absolute Gasteiger partial charge is 0.170 e. The highest BCUT2D eigenvalue weighted by Crippen LogP contribution is 2.29. The number of ketones is 1. The van der Waals surface area contributed by atoms with E-state index in [4.69, 9.17) is 4.74 Å². The Balaban J connectivity index is 2.40. The van der Waals surface area contributed by atoms with E-state index in [1.165, 1.54) is 0 Å². The number of fused-ring (bicyclic) bond motifs is 1. The van der Waals surface area contributed by atoms with Gasteiger partial charge in [-0.25, -0.2) is 0 Å². The molecule has 0 unspecified atom stereocenters. The van der Waals surface area contributed by atoms with Crippen LogP contribution in [0.4, 0.5) is 0 Å². The second kappa shape index (κ2) is 3.45. The Hall–Kier alpha value is -1.31. The standard InChI is InChI=1S/C12H14O2/c1-3-9-7-11(13)10-6-8(2)4-5-12(10)14-9/h4-6,9H,3,7H2,1-2H3/t9-/m0/s1. The fraction of sp³-hybridized carbons (Fsp3) is 0.417. The number of rotatable bonds is 1. The maximum absolute atomic E-state index is 11.7. The van der Waals surface area contributed by atoms with Gasteiger partial charge >= 0.3 is 0 Å². The van der Waals surface area contributed by atoms with Crippen LogP contribution in [0.25, 0.3) is 0 Å². The van der Waals surface area contributed by atoms with Crippen molar-refractivity contribution in [2.24, 2.45) is 0 Å². The molecule has 74 valence electrons. The summed E-state index contributed by atoms with van der Waals surface area (Å²) in [5.74, 6) is 0.959. The van der Waals surface area contributed by atoms with Crippen LogP contribution >= 0.6 is 0 Å². The summed E-state index contributed by atoms with van der Waals surface area (Å²) in [6.45, 7) is 4.02. The largest absolute Gasteiger partial charge is 0.489 e. The van der Waals surface area contributed by atoms with E-state index >= 15 is 0 Å². The average molecular weight is 190 g/mol. The van der Waals surface area contributed by atoms with Gasteiger partial charge in [-0.15, -0.1) is 0 Å². The fourth-order valence-electron chi connectivity index (χ4n) is 1.73. The topological polar surface area (TPSA) is 26.3 Å². The molecule has 0 bridgehead atoms. The SMILES string of the molecule is CC[C@H]1CC(=O)c2cc(C)ccc2O1. The summed E-state index contributed by atoms with van der Waals surface area (Å²) < 4.78 is 5.69. The van der Waals surface area contributed by atoms with Crippen LogP contribution in [0.1, 0.15) is 35.7 Å². The number of benzene rings is 1. The Kier molecular flexibility index (Phi) is 2.28. The Morgan fingerprint density at radius 3 is 3.00 bits per heavy atom. The quantitative estimate of drug-likeness (QED) is 0.680. The highest BCUT2D eigenvalue weighted by Gasteiger charge is 2.24. The number of carbonyl (C=O) groups is 1. The third-order valence-electron chi connectivity index (χ3n) is 2.60. The minimum atomic E-state index is 0.0673. The third kappa shape index (κ3) is 1.52. The Bertz CT molecular complexity index is 369. The van der Waals surface area contributed by atoms with Gasteiger partial charge in [-0.1, -0.05) is 18.6 Å². The van der Waals surface area contributed by atoms with E-state index < -0.39 is 0 Å². The normalized spacial score (nSPS) is 20.1. The molecule has 0 spiro atoms. The van der Waals surface area contributed by atoms with Crippen molar-refractivity contribution in [3.05, 3.63) is 29.3 Å². The molecule has 1 aliphatic heterocycles. The summed E-state index contributed by atoms with van der Waals surface area (Å²) in [6, 6.07) is 5.78. The Labute approximate surface area is 83.9 Å². The van der Waals surface area contributed by atoms with Crippen molar-refractivity contribution < 1.29 is 9.53 Å². The molecule has 1 atom stereocenters. The average Bonchev–Trinajstić information content (AvgIpc) is 2.19. The second-order valence-electron chi connectivity index (χ2n) is 3.78. The summed E-state index contributed by atoms with van der Waals surface area (Å²) in [5, 5.41) is 0. The van der Waals surface area contributed by atoms with Gasteiger partial charge in [-0.3, -0.25) is 4.79 Å². The van der Waals surface area contributed by atoms with Crippen molar-refractivity contribution in [3.63, 3.8) is 0 Å². The molecule has 1 heterocycles.